The first-order valence-electron chi connectivity index (χ1n) is 6.65. The average molecular weight is 257 g/mol. The van der Waals surface area contributed by atoms with Crippen molar-refractivity contribution in [2.45, 2.75) is 52.2 Å². The molecule has 2 heterocycles. The molecule has 0 aromatic carbocycles. The maximum Gasteiger partial charge on any atom is 0.496 e. The first-order chi connectivity index (χ1) is 8.86. The van der Waals surface area contributed by atoms with Gasteiger partial charge in [-0.2, -0.15) is 0 Å². The highest BCUT2D eigenvalue weighted by Crippen LogP contribution is 2.36. The Kier molecular flexibility index (Phi) is 3.71. The molecular formula is C15H20BNO2. The minimum atomic E-state index is -0.374. The summed E-state index contributed by atoms with van der Waals surface area (Å²) >= 11 is 0. The molecule has 0 amide bonds. The van der Waals surface area contributed by atoms with Gasteiger partial charge in [0.25, 0.3) is 0 Å². The number of aromatic nitrogens is 1. The third kappa shape index (κ3) is 2.83. The topological polar surface area (TPSA) is 31.4 Å². The van der Waals surface area contributed by atoms with Gasteiger partial charge >= 0.3 is 7.12 Å². The summed E-state index contributed by atoms with van der Waals surface area (Å²) in [7, 11) is -0.374. The van der Waals surface area contributed by atoms with E-state index in [4.69, 9.17) is 9.31 Å². The van der Waals surface area contributed by atoms with E-state index in [2.05, 4.69) is 16.8 Å². The second kappa shape index (κ2) is 4.99. The van der Waals surface area contributed by atoms with E-state index in [0.29, 0.717) is 0 Å². The van der Waals surface area contributed by atoms with E-state index in [1.807, 2.05) is 40.7 Å². The molecule has 0 saturated carbocycles. The van der Waals surface area contributed by atoms with Gasteiger partial charge < -0.3 is 9.31 Å². The fraction of sp³-hybridized carbons (Fsp3) is 0.533. The molecule has 0 unspecified atom stereocenters. The lowest BCUT2D eigenvalue weighted by Crippen LogP contribution is -2.41. The molecule has 4 heteroatoms. The third-order valence-corrected chi connectivity index (χ3v) is 3.69. The number of hydrogen-bond donors (Lipinski definition) is 0. The molecule has 1 aliphatic heterocycles. The molecule has 1 aliphatic rings. The Morgan fingerprint density at radius 3 is 2.37 bits per heavy atom. The van der Waals surface area contributed by atoms with Crippen molar-refractivity contribution in [3.63, 3.8) is 0 Å². The monoisotopic (exact) mass is 257 g/mol. The van der Waals surface area contributed by atoms with Crippen molar-refractivity contribution >= 4 is 12.6 Å². The number of pyridine rings is 1. The minimum absolute atomic E-state index is 0.331. The molecule has 1 aromatic heterocycles. The third-order valence-electron chi connectivity index (χ3n) is 3.69. The van der Waals surface area contributed by atoms with Crippen molar-refractivity contribution in [3.05, 3.63) is 24.0 Å². The molecule has 0 radical (unpaired) electrons. The highest BCUT2D eigenvalue weighted by molar-refractivity contribution is 6.62. The summed E-state index contributed by atoms with van der Waals surface area (Å²) in [6.07, 6.45) is 4.37. The standard InChI is InChI=1S/C15H20BNO2/c1-6-7-8-12-9-13(11-17-10-12)16-18-14(2,3)15(4,5)19-16/h9-11H,6H2,1-5H3. The molecule has 0 N–H and O–H groups in total. The highest BCUT2D eigenvalue weighted by atomic mass is 16.7. The predicted octanol–water partition coefficient (Wildman–Crippen LogP) is 2.14. The van der Waals surface area contributed by atoms with Crippen LogP contribution in [0.5, 0.6) is 0 Å². The molecule has 1 saturated heterocycles. The van der Waals surface area contributed by atoms with Gasteiger partial charge in [0.15, 0.2) is 0 Å². The van der Waals surface area contributed by atoms with E-state index in [1.165, 1.54) is 0 Å². The lowest BCUT2D eigenvalue weighted by atomic mass is 9.80. The summed E-state index contributed by atoms with van der Waals surface area (Å²) in [6.45, 7) is 10.2. The van der Waals surface area contributed by atoms with Crippen LogP contribution in [0, 0.1) is 11.8 Å². The van der Waals surface area contributed by atoms with Crippen molar-refractivity contribution in [2.24, 2.45) is 0 Å². The zero-order valence-electron chi connectivity index (χ0n) is 12.3. The molecule has 0 bridgehead atoms. The van der Waals surface area contributed by atoms with Crippen molar-refractivity contribution in [1.29, 1.82) is 0 Å². The van der Waals surface area contributed by atoms with E-state index < -0.39 is 0 Å². The Hall–Kier alpha value is -1.31. The molecule has 0 atom stereocenters. The summed E-state index contributed by atoms with van der Waals surface area (Å²) < 4.78 is 12.0. The zero-order valence-corrected chi connectivity index (χ0v) is 12.3. The summed E-state index contributed by atoms with van der Waals surface area (Å²) in [4.78, 5) is 4.22. The second-order valence-electron chi connectivity index (χ2n) is 5.75. The van der Waals surface area contributed by atoms with Gasteiger partial charge in [-0.25, -0.2) is 0 Å². The summed E-state index contributed by atoms with van der Waals surface area (Å²) in [5.41, 5.74) is 1.15. The van der Waals surface area contributed by atoms with E-state index in [0.717, 1.165) is 17.4 Å². The maximum atomic E-state index is 6.00. The summed E-state index contributed by atoms with van der Waals surface area (Å²) in [6, 6.07) is 1.98. The molecule has 0 aliphatic carbocycles. The van der Waals surface area contributed by atoms with Crippen molar-refractivity contribution < 1.29 is 9.31 Å². The molecule has 19 heavy (non-hydrogen) atoms. The summed E-state index contributed by atoms with van der Waals surface area (Å²) in [5.74, 6) is 6.12. The van der Waals surface area contributed by atoms with E-state index >= 15 is 0 Å². The Balaban J connectivity index is 2.25. The van der Waals surface area contributed by atoms with Gasteiger partial charge in [0.05, 0.1) is 11.2 Å². The lowest BCUT2D eigenvalue weighted by molar-refractivity contribution is 0.00578. The van der Waals surface area contributed by atoms with Gasteiger partial charge in [-0.05, 0) is 33.8 Å². The Labute approximate surface area is 115 Å². The number of hydrogen-bond acceptors (Lipinski definition) is 3. The first-order valence-corrected chi connectivity index (χ1v) is 6.65. The van der Waals surface area contributed by atoms with Crippen molar-refractivity contribution in [1.82, 2.24) is 4.98 Å². The number of nitrogens with zero attached hydrogens (tertiary/aromatic N) is 1. The van der Waals surface area contributed by atoms with Crippen LogP contribution in [0.3, 0.4) is 0 Å². The van der Waals surface area contributed by atoms with Crippen LogP contribution >= 0.6 is 0 Å². The molecule has 3 nitrogen and oxygen atoms in total. The van der Waals surface area contributed by atoms with E-state index in [1.54, 1.807) is 12.4 Å². The van der Waals surface area contributed by atoms with Crippen molar-refractivity contribution in [3.8, 4) is 11.8 Å². The summed E-state index contributed by atoms with van der Waals surface area (Å²) in [5, 5.41) is 0. The van der Waals surface area contributed by atoms with E-state index in [-0.39, 0.29) is 18.3 Å². The van der Waals surface area contributed by atoms with Crippen LogP contribution in [0.15, 0.2) is 18.5 Å². The van der Waals surface area contributed by atoms with Gasteiger partial charge in [0, 0.05) is 29.8 Å². The van der Waals surface area contributed by atoms with Crippen LogP contribution in [0.4, 0.5) is 0 Å². The molecule has 1 aromatic rings. The Morgan fingerprint density at radius 2 is 1.79 bits per heavy atom. The second-order valence-corrected chi connectivity index (χ2v) is 5.75. The largest absolute Gasteiger partial charge is 0.496 e. The fourth-order valence-corrected chi connectivity index (χ4v) is 1.82. The van der Waals surface area contributed by atoms with Crippen LogP contribution in [0.2, 0.25) is 0 Å². The zero-order chi connectivity index (χ0) is 14.1. The minimum Gasteiger partial charge on any atom is -0.399 e. The van der Waals surface area contributed by atoms with Crippen LogP contribution < -0.4 is 5.46 Å². The van der Waals surface area contributed by atoms with Crippen LogP contribution in [-0.2, 0) is 9.31 Å². The van der Waals surface area contributed by atoms with E-state index in [9.17, 15) is 0 Å². The van der Waals surface area contributed by atoms with Gasteiger partial charge in [-0.3, -0.25) is 4.98 Å². The lowest BCUT2D eigenvalue weighted by Gasteiger charge is -2.32. The van der Waals surface area contributed by atoms with Gasteiger partial charge in [0.2, 0.25) is 0 Å². The molecular weight excluding hydrogens is 237 g/mol. The predicted molar refractivity (Wildman–Crippen MR) is 77.1 cm³/mol. The quantitative estimate of drug-likeness (QED) is 0.570. The molecule has 1 fully saturated rings. The van der Waals surface area contributed by atoms with Gasteiger partial charge in [0.1, 0.15) is 0 Å². The van der Waals surface area contributed by atoms with Crippen molar-refractivity contribution in [2.75, 3.05) is 0 Å². The Bertz CT molecular complexity index is 512. The average Bonchev–Trinajstić information content (AvgIpc) is 2.56. The fourth-order valence-electron chi connectivity index (χ4n) is 1.82. The van der Waals surface area contributed by atoms with Crippen LogP contribution in [-0.4, -0.2) is 23.3 Å². The molecule has 2 rings (SSSR count). The highest BCUT2D eigenvalue weighted by Gasteiger charge is 2.51. The van der Waals surface area contributed by atoms with Gasteiger partial charge in [-0.1, -0.05) is 18.8 Å². The normalized spacial score (nSPS) is 19.9. The molecule has 0 spiro atoms. The van der Waals surface area contributed by atoms with Gasteiger partial charge in [-0.15, -0.1) is 0 Å². The van der Waals surface area contributed by atoms with Crippen LogP contribution in [0.1, 0.15) is 46.6 Å². The SMILES string of the molecule is CCC#Cc1cncc(B2OC(C)(C)C(C)(C)O2)c1. The maximum absolute atomic E-state index is 6.00. The molecule has 100 valence electrons. The smallest absolute Gasteiger partial charge is 0.399 e. The van der Waals surface area contributed by atoms with Crippen LogP contribution in [0.25, 0.3) is 0 Å². The Morgan fingerprint density at radius 1 is 1.16 bits per heavy atom. The number of rotatable bonds is 1. The first kappa shape index (κ1) is 14.1.